The molecule has 0 unspecified atom stereocenters. The highest BCUT2D eigenvalue weighted by molar-refractivity contribution is 5.19. The zero-order valence-corrected chi connectivity index (χ0v) is 9.26. The lowest BCUT2D eigenvalue weighted by Crippen LogP contribution is -2.20. The Morgan fingerprint density at radius 2 is 2.00 bits per heavy atom. The zero-order chi connectivity index (χ0) is 11.1. The Balaban J connectivity index is 2.76. The van der Waals surface area contributed by atoms with Gasteiger partial charge in [0.25, 0.3) is 0 Å². The largest absolute Gasteiger partial charge is 0.385 e. The molecule has 2 heteroatoms. The first-order chi connectivity index (χ1) is 7.29. The van der Waals surface area contributed by atoms with Gasteiger partial charge >= 0.3 is 0 Å². The highest BCUT2D eigenvalue weighted by Gasteiger charge is 2.17. The summed E-state index contributed by atoms with van der Waals surface area (Å²) in [4.78, 5) is 0. The van der Waals surface area contributed by atoms with E-state index in [1.54, 1.807) is 0 Å². The van der Waals surface area contributed by atoms with Gasteiger partial charge in [-0.05, 0) is 19.4 Å². The summed E-state index contributed by atoms with van der Waals surface area (Å²) in [5.74, 6) is 0. The van der Waals surface area contributed by atoms with Crippen molar-refractivity contribution in [3.8, 4) is 0 Å². The topological polar surface area (TPSA) is 29.5 Å². The van der Waals surface area contributed by atoms with Crippen LogP contribution in [0.25, 0.3) is 0 Å². The van der Waals surface area contributed by atoms with Crippen molar-refractivity contribution < 1.29 is 9.84 Å². The van der Waals surface area contributed by atoms with Crippen LogP contribution in [0.2, 0.25) is 0 Å². The molecule has 1 N–H and O–H groups in total. The number of aliphatic hydroxyl groups excluding tert-OH is 1. The van der Waals surface area contributed by atoms with Gasteiger partial charge in [-0.25, -0.2) is 0 Å². The van der Waals surface area contributed by atoms with Gasteiger partial charge in [-0.15, -0.1) is 0 Å². The molecule has 1 aromatic rings. The lowest BCUT2D eigenvalue weighted by Gasteiger charge is -2.20. The van der Waals surface area contributed by atoms with Crippen LogP contribution < -0.4 is 0 Å². The molecule has 1 aromatic carbocycles. The number of allylic oxidation sites excluding steroid dienone is 1. The Bertz CT molecular complexity index is 293. The van der Waals surface area contributed by atoms with Crippen molar-refractivity contribution in [3.63, 3.8) is 0 Å². The molecule has 0 heterocycles. The first-order valence-electron chi connectivity index (χ1n) is 5.27. The highest BCUT2D eigenvalue weighted by atomic mass is 16.5. The third-order valence-electron chi connectivity index (χ3n) is 2.19. The van der Waals surface area contributed by atoms with Crippen molar-refractivity contribution in [2.45, 2.75) is 26.1 Å². The molecule has 0 saturated carbocycles. The van der Waals surface area contributed by atoms with Crippen LogP contribution in [0, 0.1) is 0 Å². The van der Waals surface area contributed by atoms with Crippen LogP contribution in [0.4, 0.5) is 0 Å². The molecule has 0 aliphatic rings. The van der Waals surface area contributed by atoms with E-state index in [-0.39, 0.29) is 6.10 Å². The van der Waals surface area contributed by atoms with E-state index in [4.69, 9.17) is 4.74 Å². The van der Waals surface area contributed by atoms with Gasteiger partial charge < -0.3 is 9.84 Å². The Morgan fingerprint density at radius 1 is 1.33 bits per heavy atom. The van der Waals surface area contributed by atoms with Gasteiger partial charge in [-0.3, -0.25) is 0 Å². The Hall–Kier alpha value is -1.12. The van der Waals surface area contributed by atoms with Crippen molar-refractivity contribution in [1.82, 2.24) is 0 Å². The van der Waals surface area contributed by atoms with E-state index in [0.29, 0.717) is 6.61 Å². The molecule has 0 aliphatic heterocycles. The van der Waals surface area contributed by atoms with Gasteiger partial charge in [0.05, 0.1) is 0 Å². The molecule has 82 valence electrons. The molecule has 0 radical (unpaired) electrons. The first-order valence-corrected chi connectivity index (χ1v) is 5.27. The predicted octanol–water partition coefficient (Wildman–Crippen LogP) is 2.70. The van der Waals surface area contributed by atoms with Crippen LogP contribution in [0.3, 0.4) is 0 Å². The number of ether oxygens (including phenoxy) is 1. The molecule has 0 saturated heterocycles. The SMILES string of the molecule is C/C=C/[C@H](OCC)[C@H](O)c1ccccc1. The second-order valence-electron chi connectivity index (χ2n) is 3.30. The summed E-state index contributed by atoms with van der Waals surface area (Å²) >= 11 is 0. The van der Waals surface area contributed by atoms with Gasteiger partial charge in [0, 0.05) is 6.61 Å². The number of aliphatic hydroxyl groups is 1. The third-order valence-corrected chi connectivity index (χ3v) is 2.19. The Morgan fingerprint density at radius 3 is 2.53 bits per heavy atom. The molecule has 15 heavy (non-hydrogen) atoms. The fraction of sp³-hybridized carbons (Fsp3) is 0.385. The second kappa shape index (κ2) is 6.38. The molecule has 0 spiro atoms. The normalized spacial score (nSPS) is 15.4. The van der Waals surface area contributed by atoms with Crippen molar-refractivity contribution in [2.24, 2.45) is 0 Å². The lowest BCUT2D eigenvalue weighted by atomic mass is 10.0. The Kier molecular flexibility index (Phi) is 5.08. The molecule has 2 atom stereocenters. The number of hydrogen-bond acceptors (Lipinski definition) is 2. The molecule has 0 bridgehead atoms. The quantitative estimate of drug-likeness (QED) is 0.750. The molecular formula is C13H18O2. The summed E-state index contributed by atoms with van der Waals surface area (Å²) in [5, 5.41) is 10.1. The van der Waals surface area contributed by atoms with Gasteiger partial charge in [-0.2, -0.15) is 0 Å². The molecule has 1 rings (SSSR count). The molecule has 0 aromatic heterocycles. The molecule has 0 amide bonds. The minimum atomic E-state index is -0.595. The minimum Gasteiger partial charge on any atom is -0.385 e. The maximum absolute atomic E-state index is 10.1. The van der Waals surface area contributed by atoms with E-state index in [9.17, 15) is 5.11 Å². The van der Waals surface area contributed by atoms with Crippen LogP contribution in [-0.4, -0.2) is 17.8 Å². The Labute approximate surface area is 91.2 Å². The minimum absolute atomic E-state index is 0.262. The van der Waals surface area contributed by atoms with Gasteiger partial charge in [0.15, 0.2) is 0 Å². The smallest absolute Gasteiger partial charge is 0.109 e. The first kappa shape index (κ1) is 12.0. The van der Waals surface area contributed by atoms with Crippen molar-refractivity contribution in [2.75, 3.05) is 6.61 Å². The van der Waals surface area contributed by atoms with Gasteiger partial charge in [0.2, 0.25) is 0 Å². The number of rotatable bonds is 5. The van der Waals surface area contributed by atoms with E-state index in [0.717, 1.165) is 5.56 Å². The van der Waals surface area contributed by atoms with E-state index in [2.05, 4.69) is 0 Å². The average Bonchev–Trinajstić information content (AvgIpc) is 2.29. The summed E-state index contributed by atoms with van der Waals surface area (Å²) in [6.45, 7) is 4.44. The molecular weight excluding hydrogens is 188 g/mol. The van der Waals surface area contributed by atoms with Crippen molar-refractivity contribution >= 4 is 0 Å². The third kappa shape index (κ3) is 3.50. The number of hydrogen-bond donors (Lipinski definition) is 1. The van der Waals surface area contributed by atoms with Crippen LogP contribution >= 0.6 is 0 Å². The fourth-order valence-corrected chi connectivity index (χ4v) is 1.47. The summed E-state index contributed by atoms with van der Waals surface area (Å²) in [5.41, 5.74) is 0.883. The van der Waals surface area contributed by atoms with E-state index in [1.807, 2.05) is 56.3 Å². The predicted molar refractivity (Wildman–Crippen MR) is 61.6 cm³/mol. The summed E-state index contributed by atoms with van der Waals surface area (Å²) in [7, 11) is 0. The van der Waals surface area contributed by atoms with Gasteiger partial charge in [-0.1, -0.05) is 42.5 Å². The van der Waals surface area contributed by atoms with Crippen molar-refractivity contribution in [1.29, 1.82) is 0 Å². The molecule has 2 nitrogen and oxygen atoms in total. The summed E-state index contributed by atoms with van der Waals surface area (Å²) < 4.78 is 5.46. The van der Waals surface area contributed by atoms with Crippen LogP contribution in [0.1, 0.15) is 25.5 Å². The van der Waals surface area contributed by atoms with Crippen LogP contribution in [0.5, 0.6) is 0 Å². The van der Waals surface area contributed by atoms with E-state index >= 15 is 0 Å². The van der Waals surface area contributed by atoms with Crippen LogP contribution in [-0.2, 0) is 4.74 Å². The standard InChI is InChI=1S/C13H18O2/c1-3-8-12(15-4-2)13(14)11-9-6-5-7-10-11/h3,5-10,12-14H,4H2,1-2H3/b8-3+/t12-,13+/m0/s1. The maximum atomic E-state index is 10.1. The lowest BCUT2D eigenvalue weighted by molar-refractivity contribution is -0.00581. The summed E-state index contributed by atoms with van der Waals surface area (Å²) in [6.07, 6.45) is 2.91. The van der Waals surface area contributed by atoms with Crippen LogP contribution in [0.15, 0.2) is 42.5 Å². The van der Waals surface area contributed by atoms with E-state index < -0.39 is 6.10 Å². The maximum Gasteiger partial charge on any atom is 0.109 e. The number of benzene rings is 1. The fourth-order valence-electron chi connectivity index (χ4n) is 1.47. The molecule has 0 aliphatic carbocycles. The monoisotopic (exact) mass is 206 g/mol. The average molecular weight is 206 g/mol. The highest BCUT2D eigenvalue weighted by Crippen LogP contribution is 2.19. The zero-order valence-electron chi connectivity index (χ0n) is 9.26. The summed E-state index contributed by atoms with van der Waals surface area (Å²) in [6, 6.07) is 9.57. The van der Waals surface area contributed by atoms with Crippen molar-refractivity contribution in [3.05, 3.63) is 48.0 Å². The van der Waals surface area contributed by atoms with Gasteiger partial charge in [0.1, 0.15) is 12.2 Å². The van der Waals surface area contributed by atoms with E-state index in [1.165, 1.54) is 0 Å². The molecule has 0 fully saturated rings. The second-order valence-corrected chi connectivity index (χ2v) is 3.30.